The number of aliphatic hydroxyl groups excluding tert-OH is 1. The van der Waals surface area contributed by atoms with Crippen molar-refractivity contribution in [3.63, 3.8) is 0 Å². The van der Waals surface area contributed by atoms with Crippen molar-refractivity contribution in [2.75, 3.05) is 19.8 Å². The van der Waals surface area contributed by atoms with E-state index in [1.165, 1.54) is 6.26 Å². The average Bonchev–Trinajstić information content (AvgIpc) is 3.25. The van der Waals surface area contributed by atoms with E-state index in [0.29, 0.717) is 38.5 Å². The fourth-order valence-corrected chi connectivity index (χ4v) is 2.92. The molecule has 130 valence electrons. The first-order chi connectivity index (χ1) is 11.6. The normalized spacial score (nSPS) is 19.2. The van der Waals surface area contributed by atoms with Gasteiger partial charge in [0, 0.05) is 39.0 Å². The van der Waals surface area contributed by atoms with E-state index in [1.54, 1.807) is 17.0 Å². The predicted molar refractivity (Wildman–Crippen MR) is 87.2 cm³/mol. The lowest BCUT2D eigenvalue weighted by Crippen LogP contribution is -2.52. The summed E-state index contributed by atoms with van der Waals surface area (Å²) >= 11 is 0. The quantitative estimate of drug-likeness (QED) is 0.872. The molecule has 1 aliphatic rings. The van der Waals surface area contributed by atoms with E-state index >= 15 is 0 Å². The zero-order valence-electron chi connectivity index (χ0n) is 13.7. The van der Waals surface area contributed by atoms with Gasteiger partial charge in [-0.05, 0) is 23.8 Å². The minimum Gasteiger partial charge on any atom is -0.467 e. The van der Waals surface area contributed by atoms with Gasteiger partial charge in [-0.1, -0.05) is 0 Å². The molecule has 1 aliphatic heterocycles. The minimum atomic E-state index is -0.754. The van der Waals surface area contributed by atoms with Crippen LogP contribution in [-0.4, -0.2) is 46.4 Å². The topological polar surface area (TPSA) is 79.9 Å². The molecule has 0 unspecified atom stereocenters. The van der Waals surface area contributed by atoms with Crippen LogP contribution in [0, 0.1) is 0 Å². The Balaban J connectivity index is 1.57. The summed E-state index contributed by atoms with van der Waals surface area (Å²) in [5.74, 6) is 0.505. The Kier molecular flexibility index (Phi) is 5.22. The standard InChI is InChI=1S/C17H23N3O4/c1-19-5-4-13(11-19)10-18-17(22)20-6-8-23-12-14(20)9-15(21)16-3-2-7-24-16/h2-5,7,11,14-15,21H,6,8-10,12H2,1H3,(H,18,22)/t14-,15+/m1/s1. The molecule has 0 radical (unpaired) electrons. The van der Waals surface area contributed by atoms with Gasteiger partial charge in [-0.3, -0.25) is 0 Å². The van der Waals surface area contributed by atoms with Crippen molar-refractivity contribution in [1.82, 2.24) is 14.8 Å². The fourth-order valence-electron chi connectivity index (χ4n) is 2.92. The SMILES string of the molecule is Cn1ccc(CNC(=O)N2CCOC[C@H]2C[C@H](O)c2ccco2)c1. The molecule has 2 atom stereocenters. The number of hydrogen-bond donors (Lipinski definition) is 2. The second kappa shape index (κ2) is 7.55. The Morgan fingerprint density at radius 3 is 3.08 bits per heavy atom. The molecule has 0 bridgehead atoms. The highest BCUT2D eigenvalue weighted by atomic mass is 16.5. The van der Waals surface area contributed by atoms with Crippen molar-refractivity contribution >= 4 is 6.03 Å². The maximum absolute atomic E-state index is 12.5. The Morgan fingerprint density at radius 2 is 2.38 bits per heavy atom. The van der Waals surface area contributed by atoms with Crippen LogP contribution in [0.2, 0.25) is 0 Å². The highest BCUT2D eigenvalue weighted by molar-refractivity contribution is 5.74. The summed E-state index contributed by atoms with van der Waals surface area (Å²) in [5.41, 5.74) is 1.05. The van der Waals surface area contributed by atoms with Crippen molar-refractivity contribution in [2.24, 2.45) is 7.05 Å². The Morgan fingerprint density at radius 1 is 1.50 bits per heavy atom. The van der Waals surface area contributed by atoms with Gasteiger partial charge in [-0.25, -0.2) is 4.79 Å². The van der Waals surface area contributed by atoms with Gasteiger partial charge in [0.1, 0.15) is 11.9 Å². The molecule has 0 aliphatic carbocycles. The first kappa shape index (κ1) is 16.6. The van der Waals surface area contributed by atoms with E-state index in [4.69, 9.17) is 9.15 Å². The summed E-state index contributed by atoms with van der Waals surface area (Å²) in [6.45, 7) is 1.91. The molecule has 0 aromatic carbocycles. The number of urea groups is 1. The van der Waals surface area contributed by atoms with Gasteiger partial charge in [0.15, 0.2) is 0 Å². The van der Waals surface area contributed by atoms with E-state index < -0.39 is 6.10 Å². The number of carbonyl (C=O) groups is 1. The molecule has 2 aromatic rings. The highest BCUT2D eigenvalue weighted by Crippen LogP contribution is 2.23. The van der Waals surface area contributed by atoms with Gasteiger partial charge < -0.3 is 29.0 Å². The van der Waals surface area contributed by atoms with Crippen LogP contribution in [-0.2, 0) is 18.3 Å². The monoisotopic (exact) mass is 333 g/mol. The van der Waals surface area contributed by atoms with E-state index in [1.807, 2.05) is 30.1 Å². The molecule has 2 aromatic heterocycles. The van der Waals surface area contributed by atoms with Crippen LogP contribution in [0.3, 0.4) is 0 Å². The number of hydrogen-bond acceptors (Lipinski definition) is 4. The lowest BCUT2D eigenvalue weighted by molar-refractivity contribution is -0.00974. The van der Waals surface area contributed by atoms with E-state index in [-0.39, 0.29) is 12.1 Å². The molecule has 3 rings (SSSR count). The Labute approximate surface area is 140 Å². The maximum atomic E-state index is 12.5. The second-order valence-electron chi connectivity index (χ2n) is 6.03. The summed E-state index contributed by atoms with van der Waals surface area (Å²) in [7, 11) is 1.94. The minimum absolute atomic E-state index is 0.140. The Bertz CT molecular complexity index is 653. The average molecular weight is 333 g/mol. The summed E-state index contributed by atoms with van der Waals surface area (Å²) in [6.07, 6.45) is 5.07. The second-order valence-corrected chi connectivity index (χ2v) is 6.03. The lowest BCUT2D eigenvalue weighted by Gasteiger charge is -2.36. The third-order valence-corrected chi connectivity index (χ3v) is 4.19. The molecule has 2 amide bonds. The van der Waals surface area contributed by atoms with Crippen LogP contribution in [0.25, 0.3) is 0 Å². The lowest BCUT2D eigenvalue weighted by atomic mass is 10.1. The first-order valence-electron chi connectivity index (χ1n) is 8.08. The molecular weight excluding hydrogens is 310 g/mol. The van der Waals surface area contributed by atoms with Crippen LogP contribution in [0.5, 0.6) is 0 Å². The number of nitrogens with one attached hydrogen (secondary N) is 1. The number of morpholine rings is 1. The van der Waals surface area contributed by atoms with Crippen LogP contribution in [0.4, 0.5) is 4.79 Å². The molecule has 24 heavy (non-hydrogen) atoms. The van der Waals surface area contributed by atoms with Gasteiger partial charge in [0.25, 0.3) is 0 Å². The zero-order chi connectivity index (χ0) is 16.9. The number of carbonyl (C=O) groups excluding carboxylic acids is 1. The van der Waals surface area contributed by atoms with Gasteiger partial charge in [-0.2, -0.15) is 0 Å². The van der Waals surface area contributed by atoms with Crippen LogP contribution in [0.1, 0.15) is 23.8 Å². The summed E-state index contributed by atoms with van der Waals surface area (Å²) in [5, 5.41) is 13.2. The van der Waals surface area contributed by atoms with E-state index in [2.05, 4.69) is 5.32 Å². The maximum Gasteiger partial charge on any atom is 0.318 e. The molecule has 7 nitrogen and oxygen atoms in total. The molecule has 2 N–H and O–H groups in total. The van der Waals surface area contributed by atoms with Crippen molar-refractivity contribution in [3.05, 3.63) is 48.2 Å². The Hall–Kier alpha value is -2.25. The number of rotatable bonds is 5. The molecule has 1 fully saturated rings. The summed E-state index contributed by atoms with van der Waals surface area (Å²) in [4.78, 5) is 14.2. The van der Waals surface area contributed by atoms with Gasteiger partial charge in [0.2, 0.25) is 0 Å². The molecule has 1 saturated heterocycles. The summed E-state index contributed by atoms with van der Waals surface area (Å²) in [6, 6.07) is 5.11. The number of amides is 2. The van der Waals surface area contributed by atoms with Crippen LogP contribution < -0.4 is 5.32 Å². The third-order valence-electron chi connectivity index (χ3n) is 4.19. The first-order valence-corrected chi connectivity index (χ1v) is 8.08. The number of ether oxygens (including phenoxy) is 1. The van der Waals surface area contributed by atoms with Crippen LogP contribution >= 0.6 is 0 Å². The van der Waals surface area contributed by atoms with E-state index in [0.717, 1.165) is 5.56 Å². The van der Waals surface area contributed by atoms with Gasteiger partial charge in [-0.15, -0.1) is 0 Å². The van der Waals surface area contributed by atoms with Crippen LogP contribution in [0.15, 0.2) is 41.3 Å². The van der Waals surface area contributed by atoms with Gasteiger partial charge in [0.05, 0.1) is 25.5 Å². The fraction of sp³-hybridized carbons (Fsp3) is 0.471. The highest BCUT2D eigenvalue weighted by Gasteiger charge is 2.30. The van der Waals surface area contributed by atoms with Crippen molar-refractivity contribution in [2.45, 2.75) is 25.1 Å². The van der Waals surface area contributed by atoms with Crippen molar-refractivity contribution in [1.29, 1.82) is 0 Å². The van der Waals surface area contributed by atoms with Crippen molar-refractivity contribution in [3.8, 4) is 0 Å². The smallest absolute Gasteiger partial charge is 0.318 e. The predicted octanol–water partition coefficient (Wildman–Crippen LogP) is 1.65. The van der Waals surface area contributed by atoms with Gasteiger partial charge >= 0.3 is 6.03 Å². The summed E-state index contributed by atoms with van der Waals surface area (Å²) < 4.78 is 12.7. The number of nitrogens with zero attached hydrogens (tertiary/aromatic N) is 2. The number of furan rings is 1. The largest absolute Gasteiger partial charge is 0.467 e. The molecular formula is C17H23N3O4. The number of aromatic nitrogens is 1. The molecule has 3 heterocycles. The number of aryl methyl sites for hydroxylation is 1. The van der Waals surface area contributed by atoms with Crippen molar-refractivity contribution < 1.29 is 19.1 Å². The zero-order valence-corrected chi connectivity index (χ0v) is 13.7. The molecule has 0 spiro atoms. The van der Waals surface area contributed by atoms with E-state index in [9.17, 15) is 9.90 Å². The third kappa shape index (κ3) is 3.98. The molecule has 0 saturated carbocycles. The number of aliphatic hydroxyl groups is 1. The molecule has 7 heteroatoms.